The standard InChI is InChI=1S/C18H16N4O2/c1-11-10-22-15-8-13(17(23)21-14-3-2-6-19-9-14)5-4-12(15)7-16(22)18(24)20-11/h2-9,11H,10H2,1H3,(H,20,24)(H,21,23)/t11-/m0/s1. The minimum atomic E-state index is -0.200. The first-order valence-corrected chi connectivity index (χ1v) is 7.77. The largest absolute Gasteiger partial charge is 0.347 e. The molecule has 3 heterocycles. The number of pyridine rings is 1. The number of hydrogen-bond acceptors (Lipinski definition) is 3. The molecular formula is C18H16N4O2. The number of benzene rings is 1. The van der Waals surface area contributed by atoms with E-state index in [0.29, 0.717) is 23.5 Å². The molecule has 4 rings (SSSR count). The van der Waals surface area contributed by atoms with Gasteiger partial charge in [0.15, 0.2) is 0 Å². The van der Waals surface area contributed by atoms with Crippen LogP contribution in [0, 0.1) is 0 Å². The molecule has 0 saturated heterocycles. The maximum Gasteiger partial charge on any atom is 0.268 e. The van der Waals surface area contributed by atoms with Gasteiger partial charge in [-0.2, -0.15) is 0 Å². The summed E-state index contributed by atoms with van der Waals surface area (Å²) in [5.74, 6) is -0.278. The molecule has 0 saturated carbocycles. The van der Waals surface area contributed by atoms with Crippen LogP contribution in [0.4, 0.5) is 5.69 Å². The van der Waals surface area contributed by atoms with E-state index in [1.165, 1.54) is 0 Å². The van der Waals surface area contributed by atoms with Gasteiger partial charge in [0.1, 0.15) is 5.69 Å². The monoisotopic (exact) mass is 320 g/mol. The van der Waals surface area contributed by atoms with E-state index in [0.717, 1.165) is 10.9 Å². The quantitative estimate of drug-likeness (QED) is 0.761. The van der Waals surface area contributed by atoms with Gasteiger partial charge in [-0.1, -0.05) is 6.07 Å². The number of nitrogens with zero attached hydrogens (tertiary/aromatic N) is 2. The molecule has 1 aliphatic rings. The number of carbonyl (C=O) groups is 2. The Morgan fingerprint density at radius 2 is 2.21 bits per heavy atom. The van der Waals surface area contributed by atoms with Crippen LogP contribution in [0.2, 0.25) is 0 Å². The fraction of sp³-hybridized carbons (Fsp3) is 0.167. The summed E-state index contributed by atoms with van der Waals surface area (Å²) in [7, 11) is 0. The highest BCUT2D eigenvalue weighted by Gasteiger charge is 2.24. The minimum Gasteiger partial charge on any atom is -0.347 e. The van der Waals surface area contributed by atoms with Crippen molar-refractivity contribution in [3.8, 4) is 0 Å². The van der Waals surface area contributed by atoms with E-state index in [2.05, 4.69) is 15.6 Å². The van der Waals surface area contributed by atoms with Gasteiger partial charge in [0.25, 0.3) is 11.8 Å². The summed E-state index contributed by atoms with van der Waals surface area (Å²) in [6, 6.07) is 10.9. The highest BCUT2D eigenvalue weighted by atomic mass is 16.2. The van der Waals surface area contributed by atoms with Crippen molar-refractivity contribution in [1.29, 1.82) is 0 Å². The first kappa shape index (κ1) is 14.4. The van der Waals surface area contributed by atoms with Crippen LogP contribution < -0.4 is 10.6 Å². The van der Waals surface area contributed by atoms with Crippen molar-refractivity contribution in [3.63, 3.8) is 0 Å². The SMILES string of the molecule is C[C@H]1Cn2c(cc3ccc(C(=O)Nc4cccnc4)cc32)C(=O)N1. The summed E-state index contributed by atoms with van der Waals surface area (Å²) in [6.45, 7) is 2.66. The lowest BCUT2D eigenvalue weighted by Crippen LogP contribution is -2.42. The summed E-state index contributed by atoms with van der Waals surface area (Å²) in [4.78, 5) is 28.5. The predicted octanol–water partition coefficient (Wildman–Crippen LogP) is 2.42. The summed E-state index contributed by atoms with van der Waals surface area (Å²) >= 11 is 0. The number of carbonyl (C=O) groups excluding carboxylic acids is 2. The summed E-state index contributed by atoms with van der Waals surface area (Å²) in [5.41, 5.74) is 2.72. The molecule has 0 spiro atoms. The highest BCUT2D eigenvalue weighted by molar-refractivity contribution is 6.07. The number of amides is 2. The molecule has 1 aliphatic heterocycles. The highest BCUT2D eigenvalue weighted by Crippen LogP contribution is 2.24. The molecule has 0 unspecified atom stereocenters. The molecule has 24 heavy (non-hydrogen) atoms. The average Bonchev–Trinajstić information content (AvgIpc) is 2.94. The van der Waals surface area contributed by atoms with Gasteiger partial charge >= 0.3 is 0 Å². The van der Waals surface area contributed by atoms with Crippen LogP contribution in [0.25, 0.3) is 10.9 Å². The van der Waals surface area contributed by atoms with Crippen LogP contribution in [0.1, 0.15) is 27.8 Å². The fourth-order valence-electron chi connectivity index (χ4n) is 3.04. The van der Waals surface area contributed by atoms with Crippen molar-refractivity contribution in [2.75, 3.05) is 5.32 Å². The van der Waals surface area contributed by atoms with E-state index in [-0.39, 0.29) is 17.9 Å². The number of nitrogens with one attached hydrogen (secondary N) is 2. The maximum absolute atomic E-state index is 12.4. The molecule has 1 atom stereocenters. The Balaban J connectivity index is 1.72. The third kappa shape index (κ3) is 2.42. The number of anilines is 1. The third-order valence-electron chi connectivity index (χ3n) is 4.15. The number of fused-ring (bicyclic) bond motifs is 3. The van der Waals surface area contributed by atoms with Gasteiger partial charge < -0.3 is 15.2 Å². The molecule has 3 aromatic rings. The van der Waals surface area contributed by atoms with Crippen LogP contribution in [-0.2, 0) is 6.54 Å². The normalized spacial score (nSPS) is 16.5. The first-order chi connectivity index (χ1) is 11.6. The van der Waals surface area contributed by atoms with Gasteiger partial charge in [-0.25, -0.2) is 0 Å². The Bertz CT molecular complexity index is 946. The lowest BCUT2D eigenvalue weighted by molar-refractivity contribution is 0.0907. The smallest absolute Gasteiger partial charge is 0.268 e. The summed E-state index contributed by atoms with van der Waals surface area (Å²) in [5, 5.41) is 6.69. The molecule has 2 N–H and O–H groups in total. The second-order valence-corrected chi connectivity index (χ2v) is 5.98. The van der Waals surface area contributed by atoms with Crippen LogP contribution in [0.3, 0.4) is 0 Å². The number of hydrogen-bond donors (Lipinski definition) is 2. The van der Waals surface area contributed by atoms with E-state index in [4.69, 9.17) is 0 Å². The molecule has 1 aromatic carbocycles. The van der Waals surface area contributed by atoms with Crippen molar-refractivity contribution < 1.29 is 9.59 Å². The van der Waals surface area contributed by atoms with Crippen molar-refractivity contribution in [2.45, 2.75) is 19.5 Å². The Kier molecular flexibility index (Phi) is 3.30. The lowest BCUT2D eigenvalue weighted by atomic mass is 10.1. The third-order valence-corrected chi connectivity index (χ3v) is 4.15. The molecular weight excluding hydrogens is 304 g/mol. The molecule has 2 aromatic heterocycles. The zero-order chi connectivity index (χ0) is 16.7. The van der Waals surface area contributed by atoms with Crippen LogP contribution in [0.5, 0.6) is 0 Å². The van der Waals surface area contributed by atoms with Crippen molar-refractivity contribution in [3.05, 3.63) is 60.0 Å². The molecule has 0 aliphatic carbocycles. The van der Waals surface area contributed by atoms with Gasteiger partial charge in [0, 0.05) is 35.2 Å². The van der Waals surface area contributed by atoms with E-state index >= 15 is 0 Å². The van der Waals surface area contributed by atoms with Gasteiger partial charge in [-0.05, 0) is 37.3 Å². The number of aromatic nitrogens is 2. The Labute approximate surface area is 138 Å². The maximum atomic E-state index is 12.4. The van der Waals surface area contributed by atoms with Crippen molar-refractivity contribution in [2.24, 2.45) is 0 Å². The van der Waals surface area contributed by atoms with Crippen molar-refractivity contribution >= 4 is 28.4 Å². The van der Waals surface area contributed by atoms with E-state index in [1.54, 1.807) is 30.6 Å². The average molecular weight is 320 g/mol. The van der Waals surface area contributed by atoms with Crippen LogP contribution >= 0.6 is 0 Å². The van der Waals surface area contributed by atoms with Gasteiger partial charge in [-0.15, -0.1) is 0 Å². The van der Waals surface area contributed by atoms with E-state index in [9.17, 15) is 9.59 Å². The van der Waals surface area contributed by atoms with E-state index in [1.807, 2.05) is 29.7 Å². The van der Waals surface area contributed by atoms with Crippen LogP contribution in [0.15, 0.2) is 48.8 Å². The predicted molar refractivity (Wildman–Crippen MR) is 91.1 cm³/mol. The molecule has 6 nitrogen and oxygen atoms in total. The van der Waals surface area contributed by atoms with Crippen molar-refractivity contribution in [1.82, 2.24) is 14.9 Å². The Morgan fingerprint density at radius 1 is 1.33 bits per heavy atom. The Morgan fingerprint density at radius 3 is 3.00 bits per heavy atom. The van der Waals surface area contributed by atoms with Gasteiger partial charge in [0.2, 0.25) is 0 Å². The summed E-state index contributed by atoms with van der Waals surface area (Å²) in [6.07, 6.45) is 3.25. The zero-order valence-electron chi connectivity index (χ0n) is 13.1. The molecule has 0 radical (unpaired) electrons. The van der Waals surface area contributed by atoms with Gasteiger partial charge in [-0.3, -0.25) is 14.6 Å². The Hall–Kier alpha value is -3.15. The minimum absolute atomic E-state index is 0.0634. The van der Waals surface area contributed by atoms with Gasteiger partial charge in [0.05, 0.1) is 11.9 Å². The second-order valence-electron chi connectivity index (χ2n) is 5.98. The molecule has 0 fully saturated rings. The second kappa shape index (κ2) is 5.49. The van der Waals surface area contributed by atoms with E-state index < -0.39 is 0 Å². The van der Waals surface area contributed by atoms with Crippen LogP contribution in [-0.4, -0.2) is 27.4 Å². The number of rotatable bonds is 2. The first-order valence-electron chi connectivity index (χ1n) is 7.77. The molecule has 120 valence electrons. The fourth-order valence-corrected chi connectivity index (χ4v) is 3.04. The zero-order valence-corrected chi connectivity index (χ0v) is 13.1. The molecule has 2 amide bonds. The molecule has 6 heteroatoms. The topological polar surface area (TPSA) is 76.0 Å². The summed E-state index contributed by atoms with van der Waals surface area (Å²) < 4.78 is 1.97. The molecule has 0 bridgehead atoms. The lowest BCUT2D eigenvalue weighted by Gasteiger charge is -2.23.